The molecule has 1 heterocycles. The Bertz CT molecular complexity index is 952. The molecule has 0 unspecified atom stereocenters. The molecule has 0 N–H and O–H groups in total. The van der Waals surface area contributed by atoms with Crippen LogP contribution in [0.2, 0.25) is 0 Å². The zero-order chi connectivity index (χ0) is 19.1. The number of ether oxygens (including phenoxy) is 1. The summed E-state index contributed by atoms with van der Waals surface area (Å²) in [5.41, 5.74) is 1.80. The lowest BCUT2D eigenvalue weighted by Crippen LogP contribution is -2.28. The molecule has 2 aromatic carbocycles. The van der Waals surface area contributed by atoms with Crippen molar-refractivity contribution >= 4 is 18.0 Å². The molecule has 2 amide bonds. The topological polar surface area (TPSA) is 59.0 Å². The van der Waals surface area contributed by atoms with Crippen LogP contribution < -0.4 is 4.74 Å². The van der Waals surface area contributed by atoms with Crippen molar-refractivity contribution in [3.8, 4) is 5.75 Å². The van der Waals surface area contributed by atoms with Gasteiger partial charge in [-0.2, -0.15) is 10.1 Å². The van der Waals surface area contributed by atoms with Crippen molar-refractivity contribution in [1.29, 1.82) is 0 Å². The average molecular weight is 372 g/mol. The standard InChI is InChI=1S/C23H20N2O3/c26-22-20-16-10-11-17(12-16)21(20)23(27)25(22)24-13-18-8-4-5-9-19(18)28-14-15-6-2-1-3-7-15/h1-11,13,16-17,20-21H,12,14H2/b24-13-/t16-,17+,20+,21-. The lowest BCUT2D eigenvalue weighted by molar-refractivity contribution is -0.140. The van der Waals surface area contributed by atoms with Gasteiger partial charge >= 0.3 is 0 Å². The van der Waals surface area contributed by atoms with Crippen molar-refractivity contribution in [1.82, 2.24) is 5.01 Å². The van der Waals surface area contributed by atoms with Gasteiger partial charge < -0.3 is 4.74 Å². The van der Waals surface area contributed by atoms with Gasteiger partial charge in [0.25, 0.3) is 11.8 Å². The SMILES string of the molecule is O=C1[C@@H]2[C@H](C(=O)N1/N=C\c1ccccc1OCc1ccccc1)[C@H]1C=C[C@@H]2C1. The second kappa shape index (κ2) is 6.75. The molecule has 2 aliphatic carbocycles. The summed E-state index contributed by atoms with van der Waals surface area (Å²) in [6.07, 6.45) is 6.63. The predicted octanol–water partition coefficient (Wildman–Crippen LogP) is 3.41. The Hall–Kier alpha value is -3.21. The lowest BCUT2D eigenvalue weighted by Gasteiger charge is -2.13. The third-order valence-electron chi connectivity index (χ3n) is 5.92. The van der Waals surface area contributed by atoms with E-state index in [0.717, 1.165) is 22.6 Å². The van der Waals surface area contributed by atoms with Crippen LogP contribution in [0.1, 0.15) is 17.5 Å². The number of benzene rings is 2. The fraction of sp³-hybridized carbons (Fsp3) is 0.261. The average Bonchev–Trinajstić information content (AvgIpc) is 3.41. The molecule has 4 atom stereocenters. The molecule has 2 bridgehead atoms. The largest absolute Gasteiger partial charge is 0.488 e. The smallest absolute Gasteiger partial charge is 0.254 e. The van der Waals surface area contributed by atoms with Gasteiger partial charge in [-0.05, 0) is 36.0 Å². The van der Waals surface area contributed by atoms with Gasteiger partial charge in [-0.1, -0.05) is 54.6 Å². The van der Waals surface area contributed by atoms with Crippen LogP contribution in [0.3, 0.4) is 0 Å². The number of para-hydroxylation sites is 1. The van der Waals surface area contributed by atoms with E-state index >= 15 is 0 Å². The molecule has 1 saturated heterocycles. The molecule has 2 aromatic rings. The minimum atomic E-state index is -0.232. The predicted molar refractivity (Wildman–Crippen MR) is 104 cm³/mol. The van der Waals surface area contributed by atoms with E-state index in [9.17, 15) is 9.59 Å². The first-order valence-corrected chi connectivity index (χ1v) is 9.58. The normalized spacial score (nSPS) is 27.8. The number of hydrogen-bond acceptors (Lipinski definition) is 4. The quantitative estimate of drug-likeness (QED) is 0.459. The number of rotatable bonds is 5. The first-order chi connectivity index (χ1) is 13.7. The van der Waals surface area contributed by atoms with Gasteiger partial charge in [0, 0.05) is 5.56 Å². The van der Waals surface area contributed by atoms with Crippen LogP contribution >= 0.6 is 0 Å². The third kappa shape index (κ3) is 2.74. The summed E-state index contributed by atoms with van der Waals surface area (Å²) >= 11 is 0. The third-order valence-corrected chi connectivity index (χ3v) is 5.92. The van der Waals surface area contributed by atoms with Gasteiger partial charge in [0.15, 0.2) is 0 Å². The van der Waals surface area contributed by atoms with Gasteiger partial charge in [0.2, 0.25) is 0 Å². The summed E-state index contributed by atoms with van der Waals surface area (Å²) < 4.78 is 5.92. The Morgan fingerprint density at radius 1 is 0.929 bits per heavy atom. The number of imide groups is 1. The maximum Gasteiger partial charge on any atom is 0.254 e. The summed E-state index contributed by atoms with van der Waals surface area (Å²) in [4.78, 5) is 25.5. The highest BCUT2D eigenvalue weighted by molar-refractivity contribution is 6.06. The molecular weight excluding hydrogens is 352 g/mol. The van der Waals surface area contributed by atoms with E-state index in [1.165, 1.54) is 0 Å². The van der Waals surface area contributed by atoms with Gasteiger partial charge in [0.1, 0.15) is 12.4 Å². The Balaban J connectivity index is 1.33. The van der Waals surface area contributed by atoms with E-state index in [1.54, 1.807) is 6.21 Å². The summed E-state index contributed by atoms with van der Waals surface area (Å²) in [6, 6.07) is 17.4. The van der Waals surface area contributed by atoms with E-state index in [-0.39, 0.29) is 35.5 Å². The Kier molecular flexibility index (Phi) is 4.08. The summed E-state index contributed by atoms with van der Waals surface area (Å²) in [5.74, 6) is 0.224. The van der Waals surface area contributed by atoms with Crippen LogP contribution in [0, 0.1) is 23.7 Å². The molecule has 140 valence electrons. The van der Waals surface area contributed by atoms with Crippen LogP contribution in [0.25, 0.3) is 0 Å². The van der Waals surface area contributed by atoms with Crippen LogP contribution in [0.4, 0.5) is 0 Å². The highest BCUT2D eigenvalue weighted by Crippen LogP contribution is 2.52. The van der Waals surface area contributed by atoms with E-state index < -0.39 is 0 Å². The van der Waals surface area contributed by atoms with Crippen molar-refractivity contribution in [2.45, 2.75) is 13.0 Å². The molecular formula is C23H20N2O3. The first kappa shape index (κ1) is 16.9. The van der Waals surface area contributed by atoms with E-state index in [1.807, 2.05) is 54.6 Å². The number of hydrogen-bond donors (Lipinski definition) is 0. The zero-order valence-electron chi connectivity index (χ0n) is 15.3. The Labute approximate surface area is 163 Å². The highest BCUT2D eigenvalue weighted by Gasteiger charge is 2.59. The summed E-state index contributed by atoms with van der Waals surface area (Å²) in [6.45, 7) is 0.437. The molecule has 0 radical (unpaired) electrons. The minimum absolute atomic E-state index is 0.175. The lowest BCUT2D eigenvalue weighted by atomic mass is 9.85. The maximum atomic E-state index is 12.7. The van der Waals surface area contributed by atoms with Crippen molar-refractivity contribution in [3.05, 3.63) is 77.9 Å². The Morgan fingerprint density at radius 3 is 2.29 bits per heavy atom. The molecule has 0 aromatic heterocycles. The number of carbonyl (C=O) groups excluding carboxylic acids is 2. The van der Waals surface area contributed by atoms with Crippen LogP contribution in [-0.2, 0) is 16.2 Å². The second-order valence-electron chi connectivity index (χ2n) is 7.54. The monoisotopic (exact) mass is 372 g/mol. The van der Waals surface area contributed by atoms with Crippen LogP contribution in [0.5, 0.6) is 5.75 Å². The number of allylic oxidation sites excluding steroid dienone is 2. The number of fused-ring (bicyclic) bond motifs is 5. The molecule has 1 saturated carbocycles. The summed E-state index contributed by atoms with van der Waals surface area (Å²) in [7, 11) is 0. The Morgan fingerprint density at radius 2 is 1.57 bits per heavy atom. The summed E-state index contributed by atoms with van der Waals surface area (Å²) in [5, 5.41) is 5.32. The van der Waals surface area contributed by atoms with Crippen LogP contribution in [0.15, 0.2) is 71.9 Å². The number of hydrazone groups is 1. The van der Waals surface area contributed by atoms with Gasteiger partial charge in [-0.15, -0.1) is 0 Å². The van der Waals surface area contributed by atoms with E-state index in [4.69, 9.17) is 4.74 Å². The van der Waals surface area contributed by atoms with Gasteiger partial charge in [-0.3, -0.25) is 9.59 Å². The van der Waals surface area contributed by atoms with Crippen molar-refractivity contribution in [2.24, 2.45) is 28.8 Å². The highest BCUT2D eigenvalue weighted by atomic mass is 16.5. The first-order valence-electron chi connectivity index (χ1n) is 9.58. The van der Waals surface area contributed by atoms with Crippen LogP contribution in [-0.4, -0.2) is 23.0 Å². The zero-order valence-corrected chi connectivity index (χ0v) is 15.3. The fourth-order valence-corrected chi connectivity index (χ4v) is 4.57. The van der Waals surface area contributed by atoms with E-state index in [0.29, 0.717) is 12.4 Å². The molecule has 5 nitrogen and oxygen atoms in total. The number of nitrogens with zero attached hydrogens (tertiary/aromatic N) is 2. The minimum Gasteiger partial charge on any atom is -0.488 e. The van der Waals surface area contributed by atoms with Gasteiger partial charge in [-0.25, -0.2) is 0 Å². The van der Waals surface area contributed by atoms with E-state index in [2.05, 4.69) is 17.3 Å². The fourth-order valence-electron chi connectivity index (χ4n) is 4.57. The van der Waals surface area contributed by atoms with Crippen molar-refractivity contribution in [2.75, 3.05) is 0 Å². The number of carbonyl (C=O) groups is 2. The molecule has 2 fully saturated rings. The molecule has 3 aliphatic rings. The van der Waals surface area contributed by atoms with Gasteiger partial charge in [0.05, 0.1) is 18.1 Å². The molecule has 28 heavy (non-hydrogen) atoms. The van der Waals surface area contributed by atoms with Crippen molar-refractivity contribution in [3.63, 3.8) is 0 Å². The molecule has 5 heteroatoms. The second-order valence-corrected chi connectivity index (χ2v) is 7.54. The molecule has 5 rings (SSSR count). The number of amides is 2. The molecule has 0 spiro atoms. The molecule has 1 aliphatic heterocycles. The maximum absolute atomic E-state index is 12.7. The van der Waals surface area contributed by atoms with Crippen molar-refractivity contribution < 1.29 is 14.3 Å².